The van der Waals surface area contributed by atoms with Gasteiger partial charge in [0, 0.05) is 10.9 Å². The molecule has 1 aromatic carbocycles. The summed E-state index contributed by atoms with van der Waals surface area (Å²) in [5.74, 6) is 0.613. The average Bonchev–Trinajstić information content (AvgIpc) is 2.77. The Morgan fingerprint density at radius 1 is 1.56 bits per heavy atom. The van der Waals surface area contributed by atoms with Crippen molar-refractivity contribution in [3.63, 3.8) is 0 Å². The maximum Gasteiger partial charge on any atom is 0.205 e. The van der Waals surface area contributed by atoms with E-state index in [2.05, 4.69) is 15.5 Å². The SMILES string of the molecule is COc1ccc(F)c(C=NNc2nc(N)cs2)c1. The maximum absolute atomic E-state index is 13.4. The van der Waals surface area contributed by atoms with E-state index < -0.39 is 0 Å². The highest BCUT2D eigenvalue weighted by atomic mass is 32.1. The molecule has 0 aliphatic heterocycles. The number of ether oxygens (including phenoxy) is 1. The normalized spacial score (nSPS) is 10.8. The summed E-state index contributed by atoms with van der Waals surface area (Å²) in [4.78, 5) is 3.95. The molecule has 1 aromatic heterocycles. The number of hydrogen-bond donors (Lipinski definition) is 2. The fourth-order valence-electron chi connectivity index (χ4n) is 1.24. The van der Waals surface area contributed by atoms with E-state index >= 15 is 0 Å². The second-order valence-electron chi connectivity index (χ2n) is 3.33. The molecule has 5 nitrogen and oxygen atoms in total. The number of benzene rings is 1. The number of nitrogens with two attached hydrogens (primary N) is 1. The monoisotopic (exact) mass is 266 g/mol. The number of nitrogens with zero attached hydrogens (tertiary/aromatic N) is 2. The summed E-state index contributed by atoms with van der Waals surface area (Å²) < 4.78 is 18.4. The van der Waals surface area contributed by atoms with E-state index in [-0.39, 0.29) is 5.82 Å². The van der Waals surface area contributed by atoms with E-state index in [9.17, 15) is 4.39 Å². The van der Waals surface area contributed by atoms with Crippen molar-refractivity contribution >= 4 is 28.5 Å². The Morgan fingerprint density at radius 2 is 2.39 bits per heavy atom. The van der Waals surface area contributed by atoms with Gasteiger partial charge in [0.15, 0.2) is 0 Å². The molecule has 0 fully saturated rings. The molecule has 0 saturated carbocycles. The summed E-state index contributed by atoms with van der Waals surface area (Å²) in [5.41, 5.74) is 8.45. The van der Waals surface area contributed by atoms with Crippen LogP contribution in [0.15, 0.2) is 28.7 Å². The van der Waals surface area contributed by atoms with Crippen molar-refractivity contribution in [1.82, 2.24) is 4.98 Å². The smallest absolute Gasteiger partial charge is 0.205 e. The number of halogens is 1. The number of thiazole rings is 1. The summed E-state index contributed by atoms with van der Waals surface area (Å²) in [6, 6.07) is 4.42. The topological polar surface area (TPSA) is 72.5 Å². The molecule has 2 aromatic rings. The van der Waals surface area contributed by atoms with Gasteiger partial charge in [-0.3, -0.25) is 5.43 Å². The Balaban J connectivity index is 2.08. The molecule has 94 valence electrons. The summed E-state index contributed by atoms with van der Waals surface area (Å²) in [7, 11) is 1.52. The van der Waals surface area contributed by atoms with E-state index in [1.54, 1.807) is 17.5 Å². The van der Waals surface area contributed by atoms with Gasteiger partial charge in [-0.05, 0) is 18.2 Å². The van der Waals surface area contributed by atoms with Crippen LogP contribution in [0.25, 0.3) is 0 Å². The van der Waals surface area contributed by atoms with Gasteiger partial charge < -0.3 is 10.5 Å². The van der Waals surface area contributed by atoms with Crippen LogP contribution in [-0.4, -0.2) is 18.3 Å². The lowest BCUT2D eigenvalue weighted by Gasteiger charge is -2.01. The number of nitrogen functional groups attached to an aromatic ring is 1. The van der Waals surface area contributed by atoms with Gasteiger partial charge in [0.25, 0.3) is 0 Å². The van der Waals surface area contributed by atoms with Crippen molar-refractivity contribution in [3.8, 4) is 5.75 Å². The minimum Gasteiger partial charge on any atom is -0.497 e. The molecule has 0 atom stereocenters. The fourth-order valence-corrected chi connectivity index (χ4v) is 1.79. The molecule has 18 heavy (non-hydrogen) atoms. The zero-order chi connectivity index (χ0) is 13.0. The predicted octanol–water partition coefficient (Wildman–Crippen LogP) is 2.32. The van der Waals surface area contributed by atoms with Gasteiger partial charge in [0.2, 0.25) is 5.13 Å². The summed E-state index contributed by atoms with van der Waals surface area (Å²) in [6.07, 6.45) is 1.36. The van der Waals surface area contributed by atoms with Crippen LogP contribution in [0.4, 0.5) is 15.3 Å². The summed E-state index contributed by atoms with van der Waals surface area (Å²) in [5, 5.41) is 6.12. The molecular formula is C11H11FN4OS. The fraction of sp³-hybridized carbons (Fsp3) is 0.0909. The standard InChI is InChI=1S/C11H11FN4OS/c1-17-8-2-3-9(12)7(4-8)5-14-16-11-15-10(13)6-18-11/h2-6H,13H2,1H3,(H,15,16). The van der Waals surface area contributed by atoms with Gasteiger partial charge in [0.05, 0.1) is 13.3 Å². The van der Waals surface area contributed by atoms with Crippen molar-refractivity contribution in [2.24, 2.45) is 5.10 Å². The maximum atomic E-state index is 13.4. The Labute approximate surface area is 107 Å². The van der Waals surface area contributed by atoms with Gasteiger partial charge in [-0.2, -0.15) is 5.10 Å². The zero-order valence-electron chi connectivity index (χ0n) is 9.55. The summed E-state index contributed by atoms with van der Waals surface area (Å²) >= 11 is 1.32. The zero-order valence-corrected chi connectivity index (χ0v) is 10.4. The minimum atomic E-state index is -0.375. The molecule has 0 radical (unpaired) electrons. The molecule has 0 spiro atoms. The molecule has 2 rings (SSSR count). The molecule has 0 saturated heterocycles. The first kappa shape index (κ1) is 12.3. The van der Waals surface area contributed by atoms with Gasteiger partial charge in [-0.1, -0.05) is 0 Å². The molecule has 0 bridgehead atoms. The van der Waals surface area contributed by atoms with Crippen LogP contribution in [0.5, 0.6) is 5.75 Å². The van der Waals surface area contributed by atoms with Crippen LogP contribution in [0.1, 0.15) is 5.56 Å². The second-order valence-corrected chi connectivity index (χ2v) is 4.19. The van der Waals surface area contributed by atoms with Gasteiger partial charge in [-0.15, -0.1) is 11.3 Å². The Kier molecular flexibility index (Phi) is 3.73. The Morgan fingerprint density at radius 3 is 3.06 bits per heavy atom. The van der Waals surface area contributed by atoms with Crippen LogP contribution < -0.4 is 15.9 Å². The molecule has 0 amide bonds. The number of rotatable bonds is 4. The molecule has 0 aliphatic carbocycles. The highest BCUT2D eigenvalue weighted by molar-refractivity contribution is 7.14. The van der Waals surface area contributed by atoms with Crippen molar-refractivity contribution in [2.75, 3.05) is 18.3 Å². The van der Waals surface area contributed by atoms with E-state index in [4.69, 9.17) is 10.5 Å². The summed E-state index contributed by atoms with van der Waals surface area (Å²) in [6.45, 7) is 0. The Bertz CT molecular complexity index is 570. The molecule has 3 N–H and O–H groups in total. The number of methoxy groups -OCH3 is 1. The highest BCUT2D eigenvalue weighted by Crippen LogP contribution is 2.17. The average molecular weight is 266 g/mol. The molecule has 1 heterocycles. The lowest BCUT2D eigenvalue weighted by atomic mass is 10.2. The van der Waals surface area contributed by atoms with Crippen molar-refractivity contribution < 1.29 is 9.13 Å². The van der Waals surface area contributed by atoms with Crippen molar-refractivity contribution in [2.45, 2.75) is 0 Å². The molecule has 0 unspecified atom stereocenters. The first-order chi connectivity index (χ1) is 8.69. The van der Waals surface area contributed by atoms with Crippen molar-refractivity contribution in [3.05, 3.63) is 35.0 Å². The van der Waals surface area contributed by atoms with Crippen LogP contribution in [0.2, 0.25) is 0 Å². The minimum absolute atomic E-state index is 0.325. The van der Waals surface area contributed by atoms with E-state index in [0.717, 1.165) is 0 Å². The van der Waals surface area contributed by atoms with Crippen LogP contribution in [-0.2, 0) is 0 Å². The third-order valence-corrected chi connectivity index (χ3v) is 2.85. The highest BCUT2D eigenvalue weighted by Gasteiger charge is 2.01. The lowest BCUT2D eigenvalue weighted by molar-refractivity contribution is 0.413. The van der Waals surface area contributed by atoms with Crippen LogP contribution in [0.3, 0.4) is 0 Å². The van der Waals surface area contributed by atoms with Gasteiger partial charge in [-0.25, -0.2) is 9.37 Å². The largest absolute Gasteiger partial charge is 0.497 e. The van der Waals surface area contributed by atoms with Crippen LogP contribution >= 0.6 is 11.3 Å². The number of anilines is 2. The second kappa shape index (κ2) is 5.46. The van der Waals surface area contributed by atoms with E-state index in [1.165, 1.54) is 30.7 Å². The number of aromatic nitrogens is 1. The third kappa shape index (κ3) is 2.95. The predicted molar refractivity (Wildman–Crippen MR) is 70.7 cm³/mol. The first-order valence-corrected chi connectivity index (χ1v) is 5.90. The third-order valence-electron chi connectivity index (χ3n) is 2.09. The lowest BCUT2D eigenvalue weighted by Crippen LogP contribution is -1.94. The van der Waals surface area contributed by atoms with Crippen LogP contribution in [0, 0.1) is 5.82 Å². The molecule has 7 heteroatoms. The van der Waals surface area contributed by atoms with E-state index in [1.807, 2.05) is 0 Å². The Hall–Kier alpha value is -2.15. The molecular weight excluding hydrogens is 255 g/mol. The first-order valence-electron chi connectivity index (χ1n) is 5.02. The van der Waals surface area contributed by atoms with Crippen molar-refractivity contribution in [1.29, 1.82) is 0 Å². The van der Waals surface area contributed by atoms with Gasteiger partial charge >= 0.3 is 0 Å². The number of nitrogens with one attached hydrogen (secondary N) is 1. The number of hydrogen-bond acceptors (Lipinski definition) is 6. The number of hydrazone groups is 1. The van der Waals surface area contributed by atoms with Gasteiger partial charge in [0.1, 0.15) is 17.4 Å². The van der Waals surface area contributed by atoms with E-state index in [0.29, 0.717) is 22.3 Å². The molecule has 0 aliphatic rings. The quantitative estimate of drug-likeness (QED) is 0.658.